The van der Waals surface area contributed by atoms with Gasteiger partial charge in [0.25, 0.3) is 0 Å². The molecule has 0 spiro atoms. The van der Waals surface area contributed by atoms with Crippen molar-refractivity contribution in [2.45, 2.75) is 31.8 Å². The lowest BCUT2D eigenvalue weighted by molar-refractivity contribution is -0.0577. The summed E-state index contributed by atoms with van der Waals surface area (Å²) in [5, 5.41) is 3.32. The van der Waals surface area contributed by atoms with Crippen molar-refractivity contribution in [2.75, 3.05) is 33.0 Å². The first kappa shape index (κ1) is 12.5. The van der Waals surface area contributed by atoms with Crippen molar-refractivity contribution in [3.05, 3.63) is 16.1 Å². The Morgan fingerprint density at radius 2 is 2.11 bits per heavy atom. The zero-order valence-corrected chi connectivity index (χ0v) is 11.6. The van der Waals surface area contributed by atoms with E-state index >= 15 is 0 Å². The summed E-state index contributed by atoms with van der Waals surface area (Å²) in [5.74, 6) is 0. The summed E-state index contributed by atoms with van der Waals surface area (Å²) >= 11 is 1.73. The maximum absolute atomic E-state index is 5.66. The molecule has 1 atom stereocenters. The topological polar surface area (TPSA) is 34.6 Å². The van der Waals surface area contributed by atoms with E-state index in [0.29, 0.717) is 12.1 Å². The first-order valence-corrected chi connectivity index (χ1v) is 7.56. The molecule has 0 unspecified atom stereocenters. The van der Waals surface area contributed by atoms with Gasteiger partial charge in [-0.2, -0.15) is 0 Å². The summed E-state index contributed by atoms with van der Waals surface area (Å²) in [6, 6.07) is 0.974. The van der Waals surface area contributed by atoms with Gasteiger partial charge in [-0.3, -0.25) is 4.90 Å². The smallest absolute Gasteiger partial charge is 0.0898 e. The highest BCUT2D eigenvalue weighted by molar-refractivity contribution is 7.09. The van der Waals surface area contributed by atoms with Crippen molar-refractivity contribution < 1.29 is 9.47 Å². The fourth-order valence-electron chi connectivity index (χ4n) is 2.86. The Hall–Kier alpha value is -0.490. The minimum absolute atomic E-state index is 0.340. The standard InChI is InChI=1S/C13H20N2O2S/c1-10-14-12(9-18-10)13-8-17-7-4-15(13)11-2-5-16-6-3-11/h9,11,13H,2-8H2,1H3/t13-/m1/s1. The van der Waals surface area contributed by atoms with Crippen molar-refractivity contribution in [3.63, 3.8) is 0 Å². The van der Waals surface area contributed by atoms with Crippen LogP contribution in [0.2, 0.25) is 0 Å². The second-order valence-electron chi connectivity index (χ2n) is 4.96. The number of ether oxygens (including phenoxy) is 2. The Balaban J connectivity index is 1.76. The van der Waals surface area contributed by atoms with Crippen LogP contribution in [0.25, 0.3) is 0 Å². The fourth-order valence-corrected chi connectivity index (χ4v) is 3.52. The van der Waals surface area contributed by atoms with Crippen molar-refractivity contribution >= 4 is 11.3 Å². The molecule has 0 radical (unpaired) electrons. The minimum atomic E-state index is 0.340. The van der Waals surface area contributed by atoms with Gasteiger partial charge in [0.2, 0.25) is 0 Å². The first-order chi connectivity index (χ1) is 8.84. The molecule has 2 saturated heterocycles. The zero-order chi connectivity index (χ0) is 12.4. The molecular formula is C13H20N2O2S. The van der Waals surface area contributed by atoms with E-state index in [9.17, 15) is 0 Å². The third-order valence-electron chi connectivity index (χ3n) is 3.81. The van der Waals surface area contributed by atoms with Crippen LogP contribution in [0.1, 0.15) is 29.6 Å². The maximum atomic E-state index is 5.66. The molecule has 0 amide bonds. The van der Waals surface area contributed by atoms with Gasteiger partial charge >= 0.3 is 0 Å². The van der Waals surface area contributed by atoms with Gasteiger partial charge in [0, 0.05) is 31.2 Å². The highest BCUT2D eigenvalue weighted by atomic mass is 32.1. The van der Waals surface area contributed by atoms with Crippen LogP contribution in [0.4, 0.5) is 0 Å². The predicted molar refractivity (Wildman–Crippen MR) is 71.0 cm³/mol. The average Bonchev–Trinajstić information content (AvgIpc) is 2.86. The Labute approximate surface area is 112 Å². The summed E-state index contributed by atoms with van der Waals surface area (Å²) in [7, 11) is 0. The van der Waals surface area contributed by atoms with E-state index in [1.807, 2.05) is 0 Å². The molecular weight excluding hydrogens is 248 g/mol. The van der Waals surface area contributed by atoms with Gasteiger partial charge in [0.15, 0.2) is 0 Å². The SMILES string of the molecule is Cc1nc([C@H]2COCCN2C2CCOCC2)cs1. The number of hydrogen-bond acceptors (Lipinski definition) is 5. The van der Waals surface area contributed by atoms with E-state index in [4.69, 9.17) is 9.47 Å². The molecule has 1 aromatic heterocycles. The zero-order valence-electron chi connectivity index (χ0n) is 10.8. The number of morpholine rings is 1. The molecule has 0 N–H and O–H groups in total. The second kappa shape index (κ2) is 5.65. The molecule has 0 bridgehead atoms. The predicted octanol–water partition coefficient (Wildman–Crippen LogP) is 2.00. The van der Waals surface area contributed by atoms with Gasteiger partial charge in [-0.25, -0.2) is 4.98 Å². The molecule has 100 valence electrons. The van der Waals surface area contributed by atoms with Gasteiger partial charge in [-0.15, -0.1) is 11.3 Å². The molecule has 0 aromatic carbocycles. The van der Waals surface area contributed by atoms with Gasteiger partial charge in [0.05, 0.1) is 30.0 Å². The summed E-state index contributed by atoms with van der Waals surface area (Å²) in [5.41, 5.74) is 1.18. The highest BCUT2D eigenvalue weighted by Crippen LogP contribution is 2.30. The molecule has 0 aliphatic carbocycles. The Morgan fingerprint density at radius 1 is 1.28 bits per heavy atom. The molecule has 3 heterocycles. The van der Waals surface area contributed by atoms with Crippen LogP contribution in [0.15, 0.2) is 5.38 Å². The maximum Gasteiger partial charge on any atom is 0.0898 e. The molecule has 3 rings (SSSR count). The summed E-state index contributed by atoms with van der Waals surface area (Å²) in [6.45, 7) is 6.50. The normalized spacial score (nSPS) is 27.5. The highest BCUT2D eigenvalue weighted by Gasteiger charge is 2.32. The summed E-state index contributed by atoms with van der Waals surface area (Å²) in [6.07, 6.45) is 2.28. The van der Waals surface area contributed by atoms with E-state index in [-0.39, 0.29) is 0 Å². The average molecular weight is 268 g/mol. The number of rotatable bonds is 2. The van der Waals surface area contributed by atoms with Crippen LogP contribution in [0.5, 0.6) is 0 Å². The molecule has 5 heteroatoms. The van der Waals surface area contributed by atoms with E-state index < -0.39 is 0 Å². The third-order valence-corrected chi connectivity index (χ3v) is 4.60. The van der Waals surface area contributed by atoms with Crippen molar-refractivity contribution in [1.29, 1.82) is 0 Å². The molecule has 4 nitrogen and oxygen atoms in total. The monoisotopic (exact) mass is 268 g/mol. The van der Waals surface area contributed by atoms with Crippen LogP contribution >= 0.6 is 11.3 Å². The largest absolute Gasteiger partial charge is 0.381 e. The molecule has 0 saturated carbocycles. The van der Waals surface area contributed by atoms with Crippen molar-refractivity contribution in [1.82, 2.24) is 9.88 Å². The lowest BCUT2D eigenvalue weighted by Crippen LogP contribution is -2.47. The Bertz CT molecular complexity index is 390. The van der Waals surface area contributed by atoms with E-state index in [0.717, 1.165) is 50.8 Å². The molecule has 1 aromatic rings. The summed E-state index contributed by atoms with van der Waals surface area (Å²) < 4.78 is 11.1. The molecule has 18 heavy (non-hydrogen) atoms. The number of hydrogen-bond donors (Lipinski definition) is 0. The van der Waals surface area contributed by atoms with Crippen molar-refractivity contribution in [3.8, 4) is 0 Å². The number of aryl methyl sites for hydroxylation is 1. The van der Waals surface area contributed by atoms with E-state index in [1.165, 1.54) is 5.69 Å². The summed E-state index contributed by atoms with van der Waals surface area (Å²) in [4.78, 5) is 7.23. The van der Waals surface area contributed by atoms with Gasteiger partial charge in [-0.05, 0) is 19.8 Å². The van der Waals surface area contributed by atoms with Crippen LogP contribution in [-0.2, 0) is 9.47 Å². The lowest BCUT2D eigenvalue weighted by atomic mass is 10.0. The molecule has 2 aliphatic heterocycles. The number of thiazole rings is 1. The fraction of sp³-hybridized carbons (Fsp3) is 0.769. The number of aromatic nitrogens is 1. The molecule has 2 aliphatic rings. The van der Waals surface area contributed by atoms with Crippen LogP contribution in [0.3, 0.4) is 0 Å². The lowest BCUT2D eigenvalue weighted by Gasteiger charge is -2.41. The van der Waals surface area contributed by atoms with Gasteiger partial charge in [0.1, 0.15) is 0 Å². The quantitative estimate of drug-likeness (QED) is 0.822. The van der Waals surface area contributed by atoms with Crippen LogP contribution in [0, 0.1) is 6.92 Å². The second-order valence-corrected chi connectivity index (χ2v) is 6.03. The molecule has 2 fully saturated rings. The van der Waals surface area contributed by atoms with Crippen LogP contribution < -0.4 is 0 Å². The van der Waals surface area contributed by atoms with E-state index in [2.05, 4.69) is 22.2 Å². The van der Waals surface area contributed by atoms with Crippen LogP contribution in [-0.4, -0.2) is 48.9 Å². The Morgan fingerprint density at radius 3 is 2.83 bits per heavy atom. The number of nitrogens with zero attached hydrogens (tertiary/aromatic N) is 2. The Kier molecular flexibility index (Phi) is 3.94. The van der Waals surface area contributed by atoms with Crippen molar-refractivity contribution in [2.24, 2.45) is 0 Å². The third kappa shape index (κ3) is 2.59. The van der Waals surface area contributed by atoms with Gasteiger partial charge in [-0.1, -0.05) is 0 Å². The van der Waals surface area contributed by atoms with Gasteiger partial charge < -0.3 is 9.47 Å². The minimum Gasteiger partial charge on any atom is -0.381 e. The first-order valence-electron chi connectivity index (χ1n) is 6.68. The van der Waals surface area contributed by atoms with E-state index in [1.54, 1.807) is 11.3 Å².